The topological polar surface area (TPSA) is 166 Å². The summed E-state index contributed by atoms with van der Waals surface area (Å²) in [5, 5.41) is 5.89. The van der Waals surface area contributed by atoms with E-state index in [0.29, 0.717) is 23.0 Å². The summed E-state index contributed by atoms with van der Waals surface area (Å²) < 4.78 is 0. The van der Waals surface area contributed by atoms with Crippen molar-refractivity contribution in [3.8, 4) is 0 Å². The van der Waals surface area contributed by atoms with Crippen LogP contribution in [0.15, 0.2) is 49.1 Å². The highest BCUT2D eigenvalue weighted by Crippen LogP contribution is 2.35. The number of hydrogen-bond donors (Lipinski definition) is 6. The minimum absolute atomic E-state index is 0.0913. The molecule has 4 rings (SSSR count). The molecule has 2 fully saturated rings. The number of carbonyl (C=O) groups excluding carboxylic acids is 4. The Morgan fingerprint density at radius 3 is 1.38 bits per heavy atom. The van der Waals surface area contributed by atoms with Gasteiger partial charge in [0, 0.05) is 36.9 Å². The molecule has 2 saturated carbocycles. The molecular weight excluding hydrogens is 500 g/mol. The van der Waals surface area contributed by atoms with Crippen LogP contribution in [0.4, 0.5) is 9.59 Å². The monoisotopic (exact) mass is 536 g/mol. The Hall–Kier alpha value is -4.22. The smallest absolute Gasteiger partial charge is 0.333 e. The number of rotatable bonds is 6. The molecule has 208 valence electrons. The van der Waals surface area contributed by atoms with Crippen LogP contribution in [0.25, 0.3) is 0 Å². The number of hydrazine groups is 2. The minimum atomic E-state index is -0.417. The standard InChI is InChI=1S/C27H36N8O4/c36-24(20-3-1-13-28-16-20)32-34-26(38)30-22-9-5-18(6-10-22)15-19-7-11-23(12-8-19)31-27(39)35-33-25(37)21-4-2-14-29-17-21/h1-4,13-14,16-19,22-23H,5-12,15H2,(H,32,36)(H,33,37)(H2,30,34,38)(H2,31,35,39). The van der Waals surface area contributed by atoms with Crippen LogP contribution in [0, 0.1) is 11.8 Å². The molecule has 2 aromatic heterocycles. The summed E-state index contributed by atoms with van der Waals surface area (Å²) in [7, 11) is 0. The highest BCUT2D eigenvalue weighted by Gasteiger charge is 2.28. The van der Waals surface area contributed by atoms with E-state index in [2.05, 4.69) is 42.3 Å². The molecule has 6 N–H and O–H groups in total. The van der Waals surface area contributed by atoms with Crippen molar-refractivity contribution >= 4 is 23.9 Å². The number of amides is 6. The predicted octanol–water partition coefficient (Wildman–Crippen LogP) is 2.57. The van der Waals surface area contributed by atoms with Crippen LogP contribution in [-0.4, -0.2) is 45.9 Å². The van der Waals surface area contributed by atoms with E-state index in [1.807, 2.05) is 0 Å². The first-order valence-corrected chi connectivity index (χ1v) is 13.5. The Kier molecular flexibility index (Phi) is 10.0. The molecule has 0 aliphatic heterocycles. The van der Waals surface area contributed by atoms with Gasteiger partial charge in [-0.25, -0.2) is 20.4 Å². The zero-order chi connectivity index (χ0) is 27.5. The number of hydrogen-bond acceptors (Lipinski definition) is 6. The highest BCUT2D eigenvalue weighted by atomic mass is 16.2. The Morgan fingerprint density at radius 2 is 1.03 bits per heavy atom. The van der Waals surface area contributed by atoms with Crippen molar-refractivity contribution in [3.05, 3.63) is 60.2 Å². The third-order valence-electron chi connectivity index (χ3n) is 7.46. The quantitative estimate of drug-likeness (QED) is 0.310. The molecule has 0 spiro atoms. The molecule has 2 aliphatic rings. The lowest BCUT2D eigenvalue weighted by Crippen LogP contribution is -2.50. The maximum Gasteiger partial charge on any atom is 0.333 e. The van der Waals surface area contributed by atoms with Gasteiger partial charge in [0.05, 0.1) is 11.1 Å². The average molecular weight is 537 g/mol. The molecule has 12 nitrogen and oxygen atoms in total. The van der Waals surface area contributed by atoms with Crippen LogP contribution in [0.1, 0.15) is 78.5 Å². The largest absolute Gasteiger partial charge is 0.334 e. The molecule has 2 aromatic rings. The van der Waals surface area contributed by atoms with E-state index in [-0.39, 0.29) is 12.1 Å². The SMILES string of the molecule is O=C(NNC(=O)c1cccnc1)NC1CCC(CC2CCC(NC(=O)NNC(=O)c3cccnc3)CC2)CC1. The lowest BCUT2D eigenvalue weighted by atomic mass is 9.76. The molecule has 2 heterocycles. The van der Waals surface area contributed by atoms with E-state index in [4.69, 9.17) is 0 Å². The molecule has 0 saturated heterocycles. The lowest BCUT2D eigenvalue weighted by Gasteiger charge is -2.34. The summed E-state index contributed by atoms with van der Waals surface area (Å²) in [5.74, 6) is 0.439. The fraction of sp³-hybridized carbons (Fsp3) is 0.481. The van der Waals surface area contributed by atoms with E-state index >= 15 is 0 Å². The molecular formula is C27H36N8O4. The number of nitrogens with one attached hydrogen (secondary N) is 6. The van der Waals surface area contributed by atoms with E-state index in [9.17, 15) is 19.2 Å². The number of nitrogens with zero attached hydrogens (tertiary/aromatic N) is 2. The van der Waals surface area contributed by atoms with Gasteiger partial charge in [-0.3, -0.25) is 30.4 Å². The van der Waals surface area contributed by atoms with Crippen molar-refractivity contribution in [2.75, 3.05) is 0 Å². The normalized spacial score (nSPS) is 22.6. The van der Waals surface area contributed by atoms with Crippen molar-refractivity contribution in [2.24, 2.45) is 11.8 Å². The highest BCUT2D eigenvalue weighted by molar-refractivity contribution is 5.95. The van der Waals surface area contributed by atoms with Crippen LogP contribution in [0.3, 0.4) is 0 Å². The van der Waals surface area contributed by atoms with Crippen molar-refractivity contribution < 1.29 is 19.2 Å². The number of aromatic nitrogens is 2. The second kappa shape index (κ2) is 14.1. The van der Waals surface area contributed by atoms with E-state index < -0.39 is 23.9 Å². The summed E-state index contributed by atoms with van der Waals surface area (Å²) >= 11 is 0. The van der Waals surface area contributed by atoms with Gasteiger partial charge in [0.2, 0.25) is 0 Å². The third-order valence-corrected chi connectivity index (χ3v) is 7.46. The fourth-order valence-electron chi connectivity index (χ4n) is 5.36. The van der Waals surface area contributed by atoms with Gasteiger partial charge in [-0.05, 0) is 93.9 Å². The van der Waals surface area contributed by atoms with Gasteiger partial charge in [0.15, 0.2) is 0 Å². The van der Waals surface area contributed by atoms with Crippen molar-refractivity contribution in [1.82, 2.24) is 42.3 Å². The molecule has 0 radical (unpaired) electrons. The third kappa shape index (κ3) is 8.94. The summed E-state index contributed by atoms with van der Waals surface area (Å²) in [6, 6.07) is 5.91. The summed E-state index contributed by atoms with van der Waals surface area (Å²) in [5.41, 5.74) is 10.3. The second-order valence-electron chi connectivity index (χ2n) is 10.3. The zero-order valence-electron chi connectivity index (χ0n) is 21.8. The summed E-state index contributed by atoms with van der Waals surface area (Å²) in [6.45, 7) is 0. The molecule has 0 unspecified atom stereocenters. The van der Waals surface area contributed by atoms with Crippen LogP contribution in [0.2, 0.25) is 0 Å². The van der Waals surface area contributed by atoms with Gasteiger partial charge in [0.25, 0.3) is 11.8 Å². The van der Waals surface area contributed by atoms with Crippen molar-refractivity contribution in [3.63, 3.8) is 0 Å². The first-order chi connectivity index (χ1) is 19.0. The molecule has 39 heavy (non-hydrogen) atoms. The number of pyridine rings is 2. The molecule has 0 aromatic carbocycles. The van der Waals surface area contributed by atoms with Gasteiger partial charge in [0.1, 0.15) is 0 Å². The molecule has 0 bridgehead atoms. The van der Waals surface area contributed by atoms with Gasteiger partial charge in [-0.15, -0.1) is 0 Å². The average Bonchev–Trinajstić information content (AvgIpc) is 2.97. The Bertz CT molecular complexity index is 1010. The number of carbonyl (C=O) groups is 4. The van der Waals surface area contributed by atoms with Crippen LogP contribution >= 0.6 is 0 Å². The van der Waals surface area contributed by atoms with E-state index in [1.54, 1.807) is 36.7 Å². The lowest BCUT2D eigenvalue weighted by molar-refractivity contribution is 0.0928. The first-order valence-electron chi connectivity index (χ1n) is 13.5. The predicted molar refractivity (Wildman–Crippen MR) is 143 cm³/mol. The fourth-order valence-corrected chi connectivity index (χ4v) is 5.36. The zero-order valence-corrected chi connectivity index (χ0v) is 21.8. The molecule has 6 amide bonds. The van der Waals surface area contributed by atoms with Crippen molar-refractivity contribution in [2.45, 2.75) is 69.9 Å². The number of urea groups is 2. The van der Waals surface area contributed by atoms with Crippen LogP contribution in [-0.2, 0) is 0 Å². The Balaban J connectivity index is 1.06. The first kappa shape index (κ1) is 27.8. The molecule has 12 heteroatoms. The van der Waals surface area contributed by atoms with Crippen LogP contribution in [0.5, 0.6) is 0 Å². The maximum atomic E-state index is 12.2. The van der Waals surface area contributed by atoms with E-state index in [1.165, 1.54) is 18.8 Å². The maximum absolute atomic E-state index is 12.2. The minimum Gasteiger partial charge on any atom is -0.334 e. The second-order valence-corrected chi connectivity index (χ2v) is 10.3. The van der Waals surface area contributed by atoms with Gasteiger partial charge < -0.3 is 10.6 Å². The summed E-state index contributed by atoms with van der Waals surface area (Å²) in [6.07, 6.45) is 15.1. The van der Waals surface area contributed by atoms with E-state index in [0.717, 1.165) is 51.4 Å². The van der Waals surface area contributed by atoms with Gasteiger partial charge in [-0.2, -0.15) is 0 Å². The molecule has 0 atom stereocenters. The summed E-state index contributed by atoms with van der Waals surface area (Å²) in [4.78, 5) is 56.2. The van der Waals surface area contributed by atoms with Gasteiger partial charge in [-0.1, -0.05) is 0 Å². The van der Waals surface area contributed by atoms with Crippen LogP contribution < -0.4 is 32.3 Å². The van der Waals surface area contributed by atoms with Crippen molar-refractivity contribution in [1.29, 1.82) is 0 Å². The Labute approximate surface area is 227 Å². The Morgan fingerprint density at radius 1 is 0.615 bits per heavy atom. The molecule has 2 aliphatic carbocycles. The van der Waals surface area contributed by atoms with Gasteiger partial charge >= 0.3 is 12.1 Å².